The molecule has 0 spiro atoms. The Morgan fingerprint density at radius 2 is 1.91 bits per heavy atom. The van der Waals surface area contributed by atoms with Crippen LogP contribution >= 0.6 is 15.9 Å². The first kappa shape index (κ1) is 25.3. The third-order valence-electron chi connectivity index (χ3n) is 5.97. The molecule has 2 fully saturated rings. The van der Waals surface area contributed by atoms with Gasteiger partial charge in [-0.3, -0.25) is 4.79 Å². The van der Waals surface area contributed by atoms with Gasteiger partial charge in [0.05, 0.1) is 13.7 Å². The summed E-state index contributed by atoms with van der Waals surface area (Å²) >= 11 is 3.31. The summed E-state index contributed by atoms with van der Waals surface area (Å²) in [6.45, 7) is 5.76. The number of pyridine rings is 1. The summed E-state index contributed by atoms with van der Waals surface area (Å²) in [5.41, 5.74) is -0.610. The largest absolute Gasteiger partial charge is 0.488 e. The molecule has 1 saturated carbocycles. The Hall–Kier alpha value is -2.36. The Morgan fingerprint density at radius 3 is 2.52 bits per heavy atom. The molecule has 2 amide bonds. The van der Waals surface area contributed by atoms with Crippen molar-refractivity contribution < 1.29 is 28.6 Å². The number of ether oxygens (including phenoxy) is 3. The number of nitrogens with zero attached hydrogens (tertiary/aromatic N) is 2. The molecule has 0 unspecified atom stereocenters. The number of hydrogen-bond acceptors (Lipinski definition) is 7. The maximum absolute atomic E-state index is 13.6. The Labute approximate surface area is 202 Å². The minimum absolute atomic E-state index is 0.118. The number of likely N-dealkylation sites (tertiary alicyclic amines) is 1. The van der Waals surface area contributed by atoms with E-state index < -0.39 is 35.7 Å². The molecular weight excluding hydrogens is 494 g/mol. The predicted octanol–water partition coefficient (Wildman–Crippen LogP) is 3.45. The van der Waals surface area contributed by atoms with Gasteiger partial charge in [-0.15, -0.1) is 0 Å². The number of rotatable bonds is 6. The van der Waals surface area contributed by atoms with Crippen molar-refractivity contribution in [3.63, 3.8) is 0 Å². The molecule has 182 valence electrons. The summed E-state index contributed by atoms with van der Waals surface area (Å²) < 4.78 is 17.1. The zero-order chi connectivity index (χ0) is 24.2. The Balaban J connectivity index is 1.75. The van der Waals surface area contributed by atoms with Gasteiger partial charge < -0.3 is 24.4 Å². The van der Waals surface area contributed by atoms with Crippen LogP contribution in [0.1, 0.15) is 52.9 Å². The molecule has 10 heteroatoms. The SMILES string of the molecule is COC(=O)[C@@H]1C[C@@H](Oc2ccnc(Br)c2)CN1C(=O)[C@@H](NC(=O)OC1CCCC1)C(C)(C)C. The molecule has 1 aromatic heterocycles. The number of amides is 2. The second kappa shape index (κ2) is 10.7. The zero-order valence-corrected chi connectivity index (χ0v) is 21.1. The van der Waals surface area contributed by atoms with E-state index in [1.165, 1.54) is 12.0 Å². The first-order chi connectivity index (χ1) is 15.6. The standard InChI is InChI=1S/C23H32BrN3O6/c1-23(2,3)19(26-22(30)33-14-7-5-6-8-14)20(28)27-13-16(11-17(27)21(29)31-4)32-15-9-10-25-18(24)12-15/h9-10,12,14,16-17,19H,5-8,11,13H2,1-4H3,(H,26,30)/t16-,17+,19-/m1/s1. The van der Waals surface area contributed by atoms with E-state index in [1.807, 2.05) is 20.8 Å². The number of alkyl carbamates (subject to hydrolysis) is 1. The van der Waals surface area contributed by atoms with Gasteiger partial charge in [-0.05, 0) is 53.1 Å². The highest BCUT2D eigenvalue weighted by Gasteiger charge is 2.46. The summed E-state index contributed by atoms with van der Waals surface area (Å²) in [5, 5.41) is 2.75. The molecular formula is C23H32BrN3O6. The fraction of sp³-hybridized carbons (Fsp3) is 0.652. The van der Waals surface area contributed by atoms with Gasteiger partial charge in [0.2, 0.25) is 5.91 Å². The van der Waals surface area contributed by atoms with Gasteiger partial charge in [-0.2, -0.15) is 0 Å². The zero-order valence-electron chi connectivity index (χ0n) is 19.5. The summed E-state index contributed by atoms with van der Waals surface area (Å²) in [6.07, 6.45) is 4.47. The van der Waals surface area contributed by atoms with Crippen molar-refractivity contribution >= 4 is 33.9 Å². The summed E-state index contributed by atoms with van der Waals surface area (Å²) in [4.78, 5) is 44.2. The molecule has 1 aromatic rings. The lowest BCUT2D eigenvalue weighted by atomic mass is 9.85. The number of carbonyl (C=O) groups is 3. The Kier molecular flexibility index (Phi) is 8.20. The lowest BCUT2D eigenvalue weighted by Gasteiger charge is -2.34. The molecule has 1 saturated heterocycles. The highest BCUT2D eigenvalue weighted by atomic mass is 79.9. The number of halogens is 1. The van der Waals surface area contributed by atoms with Crippen LogP contribution in [0, 0.1) is 5.41 Å². The topological polar surface area (TPSA) is 107 Å². The average molecular weight is 526 g/mol. The predicted molar refractivity (Wildman–Crippen MR) is 124 cm³/mol. The molecule has 0 radical (unpaired) electrons. The molecule has 0 bridgehead atoms. The van der Waals surface area contributed by atoms with E-state index in [2.05, 4.69) is 26.2 Å². The Bertz CT molecular complexity index is 868. The molecule has 2 heterocycles. The highest BCUT2D eigenvalue weighted by Crippen LogP contribution is 2.29. The molecule has 1 N–H and O–H groups in total. The minimum Gasteiger partial charge on any atom is -0.488 e. The van der Waals surface area contributed by atoms with Crippen molar-refractivity contribution in [1.82, 2.24) is 15.2 Å². The lowest BCUT2D eigenvalue weighted by molar-refractivity contribution is -0.152. The molecule has 2 aliphatic rings. The van der Waals surface area contributed by atoms with Crippen LogP contribution < -0.4 is 10.1 Å². The van der Waals surface area contributed by atoms with E-state index in [0.29, 0.717) is 10.4 Å². The van der Waals surface area contributed by atoms with Crippen molar-refractivity contribution in [2.75, 3.05) is 13.7 Å². The minimum atomic E-state index is -0.882. The van der Waals surface area contributed by atoms with Gasteiger partial charge in [0.25, 0.3) is 0 Å². The van der Waals surface area contributed by atoms with Crippen LogP contribution in [-0.4, -0.2) is 65.8 Å². The molecule has 9 nitrogen and oxygen atoms in total. The van der Waals surface area contributed by atoms with E-state index in [1.54, 1.807) is 18.3 Å². The monoisotopic (exact) mass is 525 g/mol. The van der Waals surface area contributed by atoms with Crippen LogP contribution in [-0.2, 0) is 19.1 Å². The highest BCUT2D eigenvalue weighted by molar-refractivity contribution is 9.10. The number of hydrogen-bond donors (Lipinski definition) is 1. The molecule has 1 aliphatic carbocycles. The van der Waals surface area contributed by atoms with Gasteiger partial charge in [0, 0.05) is 18.7 Å². The molecule has 0 aromatic carbocycles. The second-order valence-electron chi connectivity index (χ2n) is 9.57. The first-order valence-corrected chi connectivity index (χ1v) is 12.0. The number of aromatic nitrogens is 1. The van der Waals surface area contributed by atoms with E-state index in [-0.39, 0.29) is 25.0 Å². The van der Waals surface area contributed by atoms with Crippen molar-refractivity contribution in [1.29, 1.82) is 0 Å². The van der Waals surface area contributed by atoms with Gasteiger partial charge in [0.15, 0.2) is 0 Å². The van der Waals surface area contributed by atoms with Gasteiger partial charge >= 0.3 is 12.1 Å². The number of nitrogens with one attached hydrogen (secondary N) is 1. The molecule has 33 heavy (non-hydrogen) atoms. The van der Waals surface area contributed by atoms with Crippen LogP contribution in [0.25, 0.3) is 0 Å². The summed E-state index contributed by atoms with van der Waals surface area (Å²) in [5.74, 6) is -0.319. The molecule has 3 rings (SSSR count). The van der Waals surface area contributed by atoms with Crippen molar-refractivity contribution in [2.24, 2.45) is 5.41 Å². The van der Waals surface area contributed by atoms with Crippen molar-refractivity contribution in [3.05, 3.63) is 22.9 Å². The van der Waals surface area contributed by atoms with E-state index in [9.17, 15) is 14.4 Å². The van der Waals surface area contributed by atoms with Crippen molar-refractivity contribution in [2.45, 2.75) is 77.2 Å². The van der Waals surface area contributed by atoms with Crippen LogP contribution in [0.4, 0.5) is 4.79 Å². The lowest BCUT2D eigenvalue weighted by Crippen LogP contribution is -2.57. The van der Waals surface area contributed by atoms with E-state index in [4.69, 9.17) is 14.2 Å². The quantitative estimate of drug-likeness (QED) is 0.447. The number of carbonyl (C=O) groups excluding carboxylic acids is 3. The Morgan fingerprint density at radius 1 is 1.21 bits per heavy atom. The summed E-state index contributed by atoms with van der Waals surface area (Å²) in [6, 6.07) is 1.74. The van der Waals surface area contributed by atoms with Crippen LogP contribution in [0.2, 0.25) is 0 Å². The van der Waals surface area contributed by atoms with Gasteiger partial charge in [-0.25, -0.2) is 14.6 Å². The fourth-order valence-electron chi connectivity index (χ4n) is 4.26. The van der Waals surface area contributed by atoms with E-state index in [0.717, 1.165) is 25.7 Å². The van der Waals surface area contributed by atoms with E-state index >= 15 is 0 Å². The third-order valence-corrected chi connectivity index (χ3v) is 6.40. The van der Waals surface area contributed by atoms with Crippen LogP contribution in [0.5, 0.6) is 5.75 Å². The third kappa shape index (κ3) is 6.59. The van der Waals surface area contributed by atoms with Crippen LogP contribution in [0.3, 0.4) is 0 Å². The van der Waals surface area contributed by atoms with Gasteiger partial charge in [0.1, 0.15) is 34.6 Å². The number of methoxy groups -OCH3 is 1. The molecule has 3 atom stereocenters. The number of esters is 1. The van der Waals surface area contributed by atoms with Crippen LogP contribution in [0.15, 0.2) is 22.9 Å². The fourth-order valence-corrected chi connectivity index (χ4v) is 4.60. The van der Waals surface area contributed by atoms with Crippen molar-refractivity contribution in [3.8, 4) is 5.75 Å². The molecule has 1 aliphatic heterocycles. The smallest absolute Gasteiger partial charge is 0.408 e. The second-order valence-corrected chi connectivity index (χ2v) is 10.4. The van der Waals surface area contributed by atoms with Gasteiger partial charge in [-0.1, -0.05) is 20.8 Å². The maximum Gasteiger partial charge on any atom is 0.408 e. The normalized spacial score (nSPS) is 22.0. The first-order valence-electron chi connectivity index (χ1n) is 11.2. The summed E-state index contributed by atoms with van der Waals surface area (Å²) in [7, 11) is 1.29. The average Bonchev–Trinajstić information content (AvgIpc) is 3.40. The maximum atomic E-state index is 13.6.